The molecule has 0 aliphatic heterocycles. The van der Waals surface area contributed by atoms with E-state index >= 15 is 0 Å². The van der Waals surface area contributed by atoms with Gasteiger partial charge in [0, 0.05) is 0 Å². The Morgan fingerprint density at radius 3 is 1.88 bits per heavy atom. The maximum Gasteiger partial charge on any atom is 3.00 e. The van der Waals surface area contributed by atoms with E-state index in [9.17, 15) is 4.79 Å². The maximum atomic E-state index is 10.3. The molecular formula is C15H17OY. The molecule has 0 aliphatic carbocycles. The molecule has 1 rings (SSSR count). The van der Waals surface area contributed by atoms with Crippen LogP contribution < -0.4 is 0 Å². The summed E-state index contributed by atoms with van der Waals surface area (Å²) in [7, 11) is 0. The topological polar surface area (TPSA) is 17.1 Å². The number of rotatable bonds is 2. The van der Waals surface area contributed by atoms with E-state index < -0.39 is 0 Å². The average Bonchev–Trinajstić information content (AvgIpc) is 2.27. The van der Waals surface area contributed by atoms with Gasteiger partial charge in [-0.3, -0.25) is 6.58 Å². The van der Waals surface area contributed by atoms with Crippen LogP contribution in [0.2, 0.25) is 0 Å². The molecule has 0 aromatic heterocycles. The Balaban J connectivity index is 0. The van der Waals surface area contributed by atoms with Gasteiger partial charge in [0.25, 0.3) is 0 Å². The monoisotopic (exact) mass is 302 g/mol. The van der Waals surface area contributed by atoms with E-state index in [0.29, 0.717) is 5.57 Å². The zero-order valence-electron chi connectivity index (χ0n) is 10.6. The van der Waals surface area contributed by atoms with Crippen LogP contribution in [-0.2, 0) is 37.5 Å². The first kappa shape index (κ1) is 18.8. The Labute approximate surface area is 130 Å². The van der Waals surface area contributed by atoms with Crippen molar-refractivity contribution in [2.75, 3.05) is 0 Å². The summed E-state index contributed by atoms with van der Waals surface area (Å²) in [4.78, 5) is 10.3. The van der Waals surface area contributed by atoms with Gasteiger partial charge in [0.1, 0.15) is 0 Å². The summed E-state index contributed by atoms with van der Waals surface area (Å²) in [6.45, 7) is 10.9. The van der Waals surface area contributed by atoms with Gasteiger partial charge in [0.2, 0.25) is 0 Å². The van der Waals surface area contributed by atoms with Crippen LogP contribution >= 0.6 is 0 Å². The van der Waals surface area contributed by atoms with Gasteiger partial charge >= 0.3 is 32.7 Å². The first-order valence-corrected chi connectivity index (χ1v) is 5.07. The Morgan fingerprint density at radius 1 is 1.24 bits per heavy atom. The summed E-state index contributed by atoms with van der Waals surface area (Å²) < 4.78 is 0. The molecule has 0 aliphatic rings. The number of allylic oxidation sites excluding steroid dienone is 3. The zero-order chi connectivity index (χ0) is 12.4. The second-order valence-electron chi connectivity index (χ2n) is 4.20. The molecule has 1 nitrogen and oxygen atoms in total. The molecule has 0 saturated carbocycles. The molecule has 0 spiro atoms. The molecule has 1 aromatic carbocycles. The first-order chi connectivity index (χ1) is 7.52. The van der Waals surface area contributed by atoms with E-state index in [-0.39, 0.29) is 38.1 Å². The van der Waals surface area contributed by atoms with Crippen LogP contribution in [0.15, 0.2) is 48.1 Å². The molecule has 0 N–H and O–H groups in total. The number of carbonyl (C=O) groups excluding carboxylic acids is 1. The summed E-state index contributed by atoms with van der Waals surface area (Å²) in [5.74, 6) is 0. The Kier molecular flexibility index (Phi) is 11.8. The van der Waals surface area contributed by atoms with Crippen LogP contribution in [0.4, 0.5) is 0 Å². The second-order valence-corrected chi connectivity index (χ2v) is 4.20. The van der Waals surface area contributed by atoms with Crippen LogP contribution in [-0.4, -0.2) is 6.29 Å². The zero-order valence-corrected chi connectivity index (χ0v) is 13.4. The van der Waals surface area contributed by atoms with Gasteiger partial charge in [-0.15, -0.1) is 0 Å². The molecule has 0 radical (unpaired) electrons. The minimum Gasteiger partial charge on any atom is -0.419 e. The molecule has 2 heteroatoms. The van der Waals surface area contributed by atoms with E-state index in [2.05, 4.69) is 6.07 Å². The molecule has 0 atom stereocenters. The maximum absolute atomic E-state index is 10.3. The van der Waals surface area contributed by atoms with E-state index in [0.717, 1.165) is 0 Å². The molecule has 0 unspecified atom stereocenters. The van der Waals surface area contributed by atoms with Gasteiger partial charge in [0.05, 0.1) is 0 Å². The van der Waals surface area contributed by atoms with Crippen molar-refractivity contribution in [3.8, 4) is 0 Å². The fourth-order valence-electron chi connectivity index (χ4n) is 0.875. The Bertz CT molecular complexity index is 307. The molecule has 17 heavy (non-hydrogen) atoms. The average molecular weight is 302 g/mol. The quantitative estimate of drug-likeness (QED) is 0.464. The van der Waals surface area contributed by atoms with E-state index in [1.165, 1.54) is 6.08 Å². The fraction of sp³-hybridized carbons (Fsp3) is 0.267. The summed E-state index contributed by atoms with van der Waals surface area (Å²) in [6, 6.07) is 12.5. The molecule has 0 fully saturated rings. The van der Waals surface area contributed by atoms with Gasteiger partial charge in [-0.05, 0) is 11.7 Å². The Hall–Kier alpha value is -0.526. The van der Waals surface area contributed by atoms with Crippen molar-refractivity contribution in [2.24, 2.45) is 5.41 Å². The molecule has 1 aromatic rings. The molecular weight excluding hydrogens is 285 g/mol. The third kappa shape index (κ3) is 10.4. The van der Waals surface area contributed by atoms with E-state index in [1.54, 1.807) is 6.08 Å². The van der Waals surface area contributed by atoms with E-state index in [1.807, 2.05) is 57.4 Å². The van der Waals surface area contributed by atoms with E-state index in [4.69, 9.17) is 6.58 Å². The number of benzene rings is 1. The minimum absolute atomic E-state index is 0. The van der Waals surface area contributed by atoms with Gasteiger partial charge < -0.3 is 4.79 Å². The van der Waals surface area contributed by atoms with Gasteiger partial charge in [0.15, 0.2) is 0 Å². The van der Waals surface area contributed by atoms with Crippen molar-refractivity contribution in [3.63, 3.8) is 0 Å². The largest absolute Gasteiger partial charge is 3.00 e. The second kappa shape index (κ2) is 10.6. The van der Waals surface area contributed by atoms with Crippen LogP contribution in [0.3, 0.4) is 0 Å². The van der Waals surface area contributed by atoms with Crippen molar-refractivity contribution >= 4 is 6.29 Å². The first-order valence-electron chi connectivity index (χ1n) is 5.07. The van der Waals surface area contributed by atoms with Gasteiger partial charge in [-0.1, -0.05) is 20.8 Å². The van der Waals surface area contributed by atoms with Gasteiger partial charge in [-0.2, -0.15) is 42.0 Å². The SMILES string of the molecule is [CH-]=C/C=C(\[C-]=O)C(C)(C)C.[Y+3].[c-]1ccccc1. The fourth-order valence-corrected chi connectivity index (χ4v) is 0.875. The minimum atomic E-state index is -0.155. The standard InChI is InChI=1S/C9H12O.C6H5.Y/c1-5-6-8(7-10)9(2,3)4;1-2-4-6-5-3-1;/h1,5-6H,2-4H3;1-5H;/q-2;-1;+3/b8-6+;;. The molecule has 0 heterocycles. The molecule has 0 amide bonds. The number of hydrogen-bond donors (Lipinski definition) is 0. The van der Waals surface area contributed by atoms with Crippen molar-refractivity contribution in [1.29, 1.82) is 0 Å². The number of hydrogen-bond acceptors (Lipinski definition) is 1. The van der Waals surface area contributed by atoms with Gasteiger partial charge in [-0.25, -0.2) is 12.2 Å². The predicted molar refractivity (Wildman–Crippen MR) is 67.4 cm³/mol. The molecule has 86 valence electrons. The van der Waals surface area contributed by atoms with Crippen molar-refractivity contribution in [2.45, 2.75) is 20.8 Å². The third-order valence-electron chi connectivity index (χ3n) is 1.79. The van der Waals surface area contributed by atoms with Crippen LogP contribution in [0.1, 0.15) is 20.8 Å². The van der Waals surface area contributed by atoms with Crippen molar-refractivity contribution in [1.82, 2.24) is 0 Å². The predicted octanol–water partition coefficient (Wildman–Crippen LogP) is 3.54. The summed E-state index contributed by atoms with van der Waals surface area (Å²) in [5.41, 5.74) is 0.437. The smallest absolute Gasteiger partial charge is 0.419 e. The van der Waals surface area contributed by atoms with Crippen LogP contribution in [0, 0.1) is 18.1 Å². The van der Waals surface area contributed by atoms with Crippen molar-refractivity contribution < 1.29 is 37.5 Å². The summed E-state index contributed by atoms with van der Waals surface area (Å²) in [5, 5.41) is 0. The summed E-state index contributed by atoms with van der Waals surface area (Å²) >= 11 is 0. The van der Waals surface area contributed by atoms with Crippen LogP contribution in [0.25, 0.3) is 0 Å². The Morgan fingerprint density at radius 2 is 1.76 bits per heavy atom. The molecule has 0 saturated heterocycles. The summed E-state index contributed by atoms with van der Waals surface area (Å²) in [6.07, 6.45) is 4.77. The normalized spacial score (nSPS) is 10.4. The molecule has 0 bridgehead atoms. The van der Waals surface area contributed by atoms with Crippen molar-refractivity contribution in [3.05, 3.63) is 60.7 Å². The third-order valence-corrected chi connectivity index (χ3v) is 1.79. The van der Waals surface area contributed by atoms with Crippen LogP contribution in [0.5, 0.6) is 0 Å².